The molecule has 0 aromatic heterocycles. The molecule has 0 bridgehead atoms. The van der Waals surface area contributed by atoms with Crippen LogP contribution in [-0.2, 0) is 59.8 Å². The molecule has 4 aromatic carbocycles. The van der Waals surface area contributed by atoms with Crippen molar-refractivity contribution in [2.75, 3.05) is 13.7 Å². The van der Waals surface area contributed by atoms with Gasteiger partial charge in [-0.1, -0.05) is 133 Å². The molecule has 1 N–H and O–H groups in total. The second-order valence-electron chi connectivity index (χ2n) is 12.6. The van der Waals surface area contributed by atoms with Crippen LogP contribution >= 0.6 is 0 Å². The van der Waals surface area contributed by atoms with Gasteiger partial charge in [-0.3, -0.25) is 9.68 Å². The fourth-order valence-electron chi connectivity index (χ4n) is 6.02. The third-order valence-electron chi connectivity index (χ3n) is 8.78. The Morgan fingerprint density at radius 3 is 1.69 bits per heavy atom. The van der Waals surface area contributed by atoms with E-state index in [4.69, 9.17) is 28.6 Å². The summed E-state index contributed by atoms with van der Waals surface area (Å²) in [7, 11) is 1.34. The zero-order chi connectivity index (χ0) is 34.5. The largest absolute Gasteiger partial charge is 0.467 e. The Balaban J connectivity index is 1.43. The number of carbonyl (C=O) groups is 1. The Hall–Kier alpha value is -3.93. The number of aliphatic hydroxyl groups is 1. The van der Waals surface area contributed by atoms with E-state index in [1.807, 2.05) is 128 Å². The molecular formula is C40H47NO8. The number of nitrogens with zero attached hydrogens (tertiary/aromatic N) is 1. The van der Waals surface area contributed by atoms with Gasteiger partial charge in [0.2, 0.25) is 0 Å². The highest BCUT2D eigenvalue weighted by molar-refractivity contribution is 5.79. The van der Waals surface area contributed by atoms with Crippen molar-refractivity contribution in [3.8, 4) is 0 Å². The minimum Gasteiger partial charge on any atom is -0.467 e. The summed E-state index contributed by atoms with van der Waals surface area (Å²) >= 11 is 0. The molecule has 1 aliphatic heterocycles. The van der Waals surface area contributed by atoms with E-state index in [9.17, 15) is 9.90 Å². The number of benzene rings is 4. The van der Waals surface area contributed by atoms with E-state index in [0.29, 0.717) is 6.61 Å². The van der Waals surface area contributed by atoms with Crippen molar-refractivity contribution in [3.05, 3.63) is 144 Å². The van der Waals surface area contributed by atoms with Crippen LogP contribution in [0, 0.1) is 5.92 Å². The van der Waals surface area contributed by atoms with Crippen molar-refractivity contribution in [2.45, 2.75) is 76.7 Å². The highest BCUT2D eigenvalue weighted by Gasteiger charge is 2.53. The van der Waals surface area contributed by atoms with E-state index < -0.39 is 35.9 Å². The van der Waals surface area contributed by atoms with Gasteiger partial charge in [-0.25, -0.2) is 4.79 Å². The van der Waals surface area contributed by atoms with E-state index in [-0.39, 0.29) is 38.8 Å². The maximum absolute atomic E-state index is 13.0. The number of hydroxylamine groups is 2. The fraction of sp³-hybridized carbons (Fsp3) is 0.375. The predicted octanol–water partition coefficient (Wildman–Crippen LogP) is 6.44. The number of rotatable bonds is 18. The molecule has 49 heavy (non-hydrogen) atoms. The molecule has 5 rings (SSSR count). The molecule has 0 radical (unpaired) electrons. The van der Waals surface area contributed by atoms with Gasteiger partial charge in [-0.05, 0) is 29.2 Å². The van der Waals surface area contributed by atoms with Crippen molar-refractivity contribution in [1.82, 2.24) is 5.23 Å². The van der Waals surface area contributed by atoms with E-state index >= 15 is 0 Å². The number of carbonyl (C=O) groups excluding carboxylic acids is 1. The van der Waals surface area contributed by atoms with Crippen LogP contribution in [0.15, 0.2) is 121 Å². The molecule has 0 spiro atoms. The molecule has 9 nitrogen and oxygen atoms in total. The van der Waals surface area contributed by atoms with Gasteiger partial charge in [0.05, 0.1) is 52.3 Å². The first-order valence-electron chi connectivity index (χ1n) is 16.7. The first-order chi connectivity index (χ1) is 23.9. The smallest absolute Gasteiger partial charge is 0.340 e. The average Bonchev–Trinajstić information content (AvgIpc) is 3.50. The Kier molecular flexibility index (Phi) is 13.5. The summed E-state index contributed by atoms with van der Waals surface area (Å²) in [6.07, 6.45) is -2.30. The molecule has 0 saturated carbocycles. The van der Waals surface area contributed by atoms with Crippen LogP contribution in [0.3, 0.4) is 0 Å². The molecule has 4 aromatic rings. The third kappa shape index (κ3) is 10.3. The fourth-order valence-corrected chi connectivity index (χ4v) is 6.02. The normalized spacial score (nSPS) is 20.4. The summed E-state index contributed by atoms with van der Waals surface area (Å²) in [6.45, 7) is 4.79. The SMILES string of the molecule is COC(=O)[C@@]1(C)CC([C@@H](C)C(OCc2ccccc2)[C@H](OCc2ccccc2)C(O)COCc2ccccc2)N(OCc2ccccc2)O1. The lowest BCUT2D eigenvalue weighted by atomic mass is 9.85. The van der Waals surface area contributed by atoms with E-state index in [1.165, 1.54) is 12.3 Å². The molecule has 3 unspecified atom stereocenters. The Morgan fingerprint density at radius 1 is 0.755 bits per heavy atom. The first-order valence-corrected chi connectivity index (χ1v) is 16.7. The van der Waals surface area contributed by atoms with Crippen molar-refractivity contribution >= 4 is 5.97 Å². The van der Waals surface area contributed by atoms with Gasteiger partial charge in [0.1, 0.15) is 12.2 Å². The maximum Gasteiger partial charge on any atom is 0.340 e. The van der Waals surface area contributed by atoms with Crippen LogP contribution in [-0.4, -0.2) is 60.0 Å². The average molecular weight is 670 g/mol. The monoisotopic (exact) mass is 669 g/mol. The third-order valence-corrected chi connectivity index (χ3v) is 8.78. The van der Waals surface area contributed by atoms with Gasteiger partial charge in [0, 0.05) is 12.3 Å². The topological polar surface area (TPSA) is 95.9 Å². The Bertz CT molecular complexity index is 1530. The van der Waals surface area contributed by atoms with Gasteiger partial charge < -0.3 is 24.1 Å². The van der Waals surface area contributed by atoms with Crippen LogP contribution in [0.4, 0.5) is 0 Å². The highest BCUT2D eigenvalue weighted by atomic mass is 17.0. The molecule has 6 atom stereocenters. The van der Waals surface area contributed by atoms with Gasteiger partial charge >= 0.3 is 5.97 Å². The zero-order valence-electron chi connectivity index (χ0n) is 28.4. The standard InChI is InChI=1S/C40H47NO8/c1-30(35-24-40(2,39(43)44-3)49-41(35)48-28-34-22-14-7-15-23-34)37(46-26-32-18-10-5-11-19-32)38(47-27-33-20-12-6-13-21-33)36(42)29-45-25-31-16-8-4-9-17-31/h4-23,30,35-38,42H,24-29H2,1-3H3/t30-,35?,36?,37?,38-,40-/m1/s1. The number of hydrogen-bond acceptors (Lipinski definition) is 9. The predicted molar refractivity (Wildman–Crippen MR) is 184 cm³/mol. The van der Waals surface area contributed by atoms with Crippen LogP contribution < -0.4 is 0 Å². The molecule has 1 saturated heterocycles. The Morgan fingerprint density at radius 2 is 1.20 bits per heavy atom. The summed E-state index contributed by atoms with van der Waals surface area (Å²) in [5.74, 6) is -0.890. The molecule has 1 aliphatic rings. The zero-order valence-corrected chi connectivity index (χ0v) is 28.4. The number of esters is 1. The van der Waals surface area contributed by atoms with E-state index in [0.717, 1.165) is 22.3 Å². The highest BCUT2D eigenvalue weighted by Crippen LogP contribution is 2.39. The van der Waals surface area contributed by atoms with Crippen molar-refractivity contribution in [3.63, 3.8) is 0 Å². The summed E-state index contributed by atoms with van der Waals surface area (Å²) in [5.41, 5.74) is 2.56. The van der Waals surface area contributed by atoms with Crippen LogP contribution in [0.2, 0.25) is 0 Å². The van der Waals surface area contributed by atoms with E-state index in [2.05, 4.69) is 0 Å². The number of aliphatic hydroxyl groups excluding tert-OH is 1. The summed E-state index contributed by atoms with van der Waals surface area (Å²) < 4.78 is 24.4. The number of methoxy groups -OCH3 is 1. The van der Waals surface area contributed by atoms with Crippen LogP contribution in [0.1, 0.15) is 42.5 Å². The molecule has 0 amide bonds. The second kappa shape index (κ2) is 18.2. The lowest BCUT2D eigenvalue weighted by Gasteiger charge is -2.38. The lowest BCUT2D eigenvalue weighted by Crippen LogP contribution is -2.51. The van der Waals surface area contributed by atoms with Crippen molar-refractivity contribution in [1.29, 1.82) is 0 Å². The van der Waals surface area contributed by atoms with Crippen LogP contribution in [0.25, 0.3) is 0 Å². The molecule has 1 fully saturated rings. The van der Waals surface area contributed by atoms with Gasteiger partial charge in [0.25, 0.3) is 0 Å². The quantitative estimate of drug-likeness (QED) is 0.120. The van der Waals surface area contributed by atoms with E-state index in [1.54, 1.807) is 6.92 Å². The molecular weight excluding hydrogens is 622 g/mol. The van der Waals surface area contributed by atoms with Gasteiger partial charge in [0.15, 0.2) is 5.60 Å². The summed E-state index contributed by atoms with van der Waals surface area (Å²) in [5, 5.41) is 13.2. The minimum atomic E-state index is -1.30. The Labute approximate surface area is 289 Å². The molecule has 9 heteroatoms. The summed E-state index contributed by atoms with van der Waals surface area (Å²) in [6, 6.07) is 38.7. The maximum atomic E-state index is 13.0. The molecule has 260 valence electrons. The number of ether oxygens (including phenoxy) is 4. The van der Waals surface area contributed by atoms with Crippen molar-refractivity contribution < 1.29 is 38.5 Å². The van der Waals surface area contributed by atoms with Gasteiger partial charge in [-0.15, -0.1) is 0 Å². The molecule has 1 heterocycles. The van der Waals surface area contributed by atoms with Crippen LogP contribution in [0.5, 0.6) is 0 Å². The minimum absolute atomic E-state index is 0.0154. The van der Waals surface area contributed by atoms with Crippen molar-refractivity contribution in [2.24, 2.45) is 5.92 Å². The first kappa shape index (κ1) is 36.4. The second-order valence-corrected chi connectivity index (χ2v) is 12.6. The molecule has 0 aliphatic carbocycles. The summed E-state index contributed by atoms with van der Waals surface area (Å²) in [4.78, 5) is 25.4. The number of hydrogen-bond donors (Lipinski definition) is 1. The lowest BCUT2D eigenvalue weighted by molar-refractivity contribution is -0.392. The van der Waals surface area contributed by atoms with Gasteiger partial charge in [-0.2, -0.15) is 0 Å².